The number of hydrogen-bond donors (Lipinski definition) is 2. The summed E-state index contributed by atoms with van der Waals surface area (Å²) >= 11 is 0. The first-order valence-electron chi connectivity index (χ1n) is 5.56. The molecule has 0 aromatic heterocycles. The highest BCUT2D eigenvalue weighted by Crippen LogP contribution is 2.29. The van der Waals surface area contributed by atoms with Gasteiger partial charge in [-0.2, -0.15) is 0 Å². The quantitative estimate of drug-likeness (QED) is 0.603. The maximum absolute atomic E-state index is 11.2. The first kappa shape index (κ1) is 12.7. The molecule has 2 aliphatic heterocycles. The maximum Gasteiger partial charge on any atom is 0.310 e. The lowest BCUT2D eigenvalue weighted by Gasteiger charge is -2.31. The lowest BCUT2D eigenvalue weighted by Crippen LogP contribution is -2.51. The van der Waals surface area contributed by atoms with Crippen molar-refractivity contribution in [3.05, 3.63) is 0 Å². The van der Waals surface area contributed by atoms with Crippen molar-refractivity contribution in [1.29, 1.82) is 0 Å². The molecule has 5 atom stereocenters. The average molecular weight is 248 g/mol. The topological polar surface area (TPSA) is 94.5 Å². The predicted octanol–water partition coefficient (Wildman–Crippen LogP) is -1.24. The van der Waals surface area contributed by atoms with Gasteiger partial charge in [-0.05, 0) is 6.92 Å². The Bertz CT molecular complexity index is 282. The van der Waals surface area contributed by atoms with Crippen molar-refractivity contribution >= 4 is 5.97 Å². The van der Waals surface area contributed by atoms with Gasteiger partial charge in [0, 0.05) is 0 Å². The molecule has 7 heteroatoms. The second-order valence-electron chi connectivity index (χ2n) is 3.94. The molecule has 2 N–H and O–H groups in total. The monoisotopic (exact) mass is 248 g/mol. The molecule has 2 saturated heterocycles. The Labute approximate surface area is 98.2 Å². The standard InChI is InChI=1S/C10H16O7/c1-2-14-6(12)3-7-16-9-8(13)5(11)4-15-10(9)17-7/h5,7-11,13H,2-4H2,1H3/t5-,7?,8-,9-,10-/m1/s1. The third-order valence-corrected chi connectivity index (χ3v) is 2.66. The highest BCUT2D eigenvalue weighted by molar-refractivity contribution is 5.69. The van der Waals surface area contributed by atoms with E-state index in [1.54, 1.807) is 6.92 Å². The van der Waals surface area contributed by atoms with Crippen molar-refractivity contribution in [1.82, 2.24) is 0 Å². The van der Waals surface area contributed by atoms with Crippen molar-refractivity contribution in [2.75, 3.05) is 13.2 Å². The summed E-state index contributed by atoms with van der Waals surface area (Å²) in [6.07, 6.45) is -4.44. The zero-order valence-electron chi connectivity index (χ0n) is 9.44. The first-order chi connectivity index (χ1) is 8.11. The van der Waals surface area contributed by atoms with Gasteiger partial charge in [-0.15, -0.1) is 0 Å². The zero-order valence-corrected chi connectivity index (χ0v) is 9.44. The van der Waals surface area contributed by atoms with Crippen molar-refractivity contribution in [2.45, 2.75) is 44.2 Å². The predicted molar refractivity (Wildman–Crippen MR) is 52.7 cm³/mol. The highest BCUT2D eigenvalue weighted by atomic mass is 16.8. The Balaban J connectivity index is 1.87. The number of aliphatic hydroxyl groups is 2. The van der Waals surface area contributed by atoms with E-state index in [-0.39, 0.29) is 19.6 Å². The van der Waals surface area contributed by atoms with E-state index in [0.717, 1.165) is 0 Å². The molecule has 0 radical (unpaired) electrons. The molecule has 0 spiro atoms. The van der Waals surface area contributed by atoms with Crippen LogP contribution in [-0.2, 0) is 23.7 Å². The third-order valence-electron chi connectivity index (χ3n) is 2.66. The van der Waals surface area contributed by atoms with Crippen LogP contribution in [0.15, 0.2) is 0 Å². The van der Waals surface area contributed by atoms with Crippen molar-refractivity contribution < 1.29 is 34.0 Å². The van der Waals surface area contributed by atoms with Crippen LogP contribution < -0.4 is 0 Å². The van der Waals surface area contributed by atoms with E-state index in [2.05, 4.69) is 0 Å². The van der Waals surface area contributed by atoms with Crippen LogP contribution in [0.2, 0.25) is 0 Å². The van der Waals surface area contributed by atoms with E-state index < -0.39 is 36.9 Å². The van der Waals surface area contributed by atoms with Crippen molar-refractivity contribution in [3.63, 3.8) is 0 Å². The van der Waals surface area contributed by atoms with Crippen LogP contribution in [0.4, 0.5) is 0 Å². The molecule has 17 heavy (non-hydrogen) atoms. The van der Waals surface area contributed by atoms with Gasteiger partial charge in [-0.1, -0.05) is 0 Å². The molecule has 0 aliphatic carbocycles. The summed E-state index contributed by atoms with van der Waals surface area (Å²) in [6.45, 7) is 1.98. The summed E-state index contributed by atoms with van der Waals surface area (Å²) in [5.74, 6) is -0.439. The number of carbonyl (C=O) groups excluding carboxylic acids is 1. The summed E-state index contributed by atoms with van der Waals surface area (Å²) in [7, 11) is 0. The number of esters is 1. The molecule has 2 fully saturated rings. The van der Waals surface area contributed by atoms with E-state index in [4.69, 9.17) is 18.9 Å². The Kier molecular flexibility index (Phi) is 3.95. The molecule has 0 saturated carbocycles. The lowest BCUT2D eigenvalue weighted by molar-refractivity contribution is -0.211. The minimum atomic E-state index is -1.07. The van der Waals surface area contributed by atoms with Crippen LogP contribution in [-0.4, -0.2) is 60.3 Å². The fourth-order valence-corrected chi connectivity index (χ4v) is 1.84. The van der Waals surface area contributed by atoms with Crippen LogP contribution in [0, 0.1) is 0 Å². The Hall–Kier alpha value is -0.730. The summed E-state index contributed by atoms with van der Waals surface area (Å²) in [5.41, 5.74) is 0. The SMILES string of the molecule is CCOC(=O)CC1O[C@H]2OC[C@@H](O)[C@@H](O)[C@H]2O1. The second kappa shape index (κ2) is 5.28. The van der Waals surface area contributed by atoms with E-state index >= 15 is 0 Å². The molecular formula is C10H16O7. The van der Waals surface area contributed by atoms with E-state index in [1.807, 2.05) is 0 Å². The normalized spacial score (nSPS) is 41.0. The van der Waals surface area contributed by atoms with Crippen molar-refractivity contribution in [3.8, 4) is 0 Å². The third kappa shape index (κ3) is 2.75. The van der Waals surface area contributed by atoms with E-state index in [1.165, 1.54) is 0 Å². The van der Waals surface area contributed by atoms with Gasteiger partial charge in [0.05, 0.1) is 19.6 Å². The number of aliphatic hydroxyl groups excluding tert-OH is 2. The molecular weight excluding hydrogens is 232 g/mol. The fraction of sp³-hybridized carbons (Fsp3) is 0.900. The van der Waals surface area contributed by atoms with Crippen LogP contribution in [0.3, 0.4) is 0 Å². The minimum Gasteiger partial charge on any atom is -0.466 e. The van der Waals surface area contributed by atoms with E-state index in [9.17, 15) is 15.0 Å². The molecule has 2 heterocycles. The Morgan fingerprint density at radius 1 is 1.41 bits per heavy atom. The molecule has 7 nitrogen and oxygen atoms in total. The minimum absolute atomic E-state index is 0.0161. The van der Waals surface area contributed by atoms with Crippen molar-refractivity contribution in [2.24, 2.45) is 0 Å². The van der Waals surface area contributed by atoms with Gasteiger partial charge < -0.3 is 29.2 Å². The lowest BCUT2D eigenvalue weighted by atomic mass is 10.1. The van der Waals surface area contributed by atoms with Gasteiger partial charge in [0.2, 0.25) is 0 Å². The largest absolute Gasteiger partial charge is 0.466 e. The van der Waals surface area contributed by atoms with Crippen LogP contribution >= 0.6 is 0 Å². The van der Waals surface area contributed by atoms with Crippen LogP contribution in [0.1, 0.15) is 13.3 Å². The van der Waals surface area contributed by atoms with Gasteiger partial charge >= 0.3 is 5.97 Å². The molecule has 2 rings (SSSR count). The number of carbonyl (C=O) groups is 1. The molecule has 0 aromatic carbocycles. The zero-order chi connectivity index (χ0) is 12.4. The van der Waals surface area contributed by atoms with Crippen LogP contribution in [0.25, 0.3) is 0 Å². The highest BCUT2D eigenvalue weighted by Gasteiger charge is 2.47. The number of fused-ring (bicyclic) bond motifs is 1. The van der Waals surface area contributed by atoms with E-state index in [0.29, 0.717) is 0 Å². The Morgan fingerprint density at radius 2 is 2.18 bits per heavy atom. The maximum atomic E-state index is 11.2. The van der Waals surface area contributed by atoms with Gasteiger partial charge in [-0.25, -0.2) is 0 Å². The second-order valence-corrected chi connectivity index (χ2v) is 3.94. The number of ether oxygens (including phenoxy) is 4. The molecule has 0 bridgehead atoms. The summed E-state index contributed by atoms with van der Waals surface area (Å²) in [4.78, 5) is 11.2. The average Bonchev–Trinajstić information content (AvgIpc) is 2.67. The Morgan fingerprint density at radius 3 is 2.88 bits per heavy atom. The first-order valence-corrected chi connectivity index (χ1v) is 5.56. The molecule has 1 unspecified atom stereocenters. The summed E-state index contributed by atoms with van der Waals surface area (Å²) in [6, 6.07) is 0. The summed E-state index contributed by atoms with van der Waals surface area (Å²) < 4.78 is 20.5. The molecule has 98 valence electrons. The molecule has 0 aromatic rings. The number of rotatable bonds is 3. The van der Waals surface area contributed by atoms with Gasteiger partial charge in [0.25, 0.3) is 0 Å². The smallest absolute Gasteiger partial charge is 0.310 e. The molecule has 2 aliphatic rings. The van der Waals surface area contributed by atoms with Gasteiger partial charge in [0.15, 0.2) is 12.6 Å². The van der Waals surface area contributed by atoms with Gasteiger partial charge in [-0.3, -0.25) is 4.79 Å². The summed E-state index contributed by atoms with van der Waals surface area (Å²) in [5, 5.41) is 19.0. The fourth-order valence-electron chi connectivity index (χ4n) is 1.84. The number of hydrogen-bond acceptors (Lipinski definition) is 7. The molecule has 0 amide bonds. The van der Waals surface area contributed by atoms with Gasteiger partial charge in [0.1, 0.15) is 18.3 Å². The van der Waals surface area contributed by atoms with Crippen LogP contribution in [0.5, 0.6) is 0 Å².